The third kappa shape index (κ3) is 4.97. The summed E-state index contributed by atoms with van der Waals surface area (Å²) < 4.78 is 5.45. The molecule has 0 saturated carbocycles. The molecule has 0 fully saturated rings. The van der Waals surface area contributed by atoms with Crippen LogP contribution < -0.4 is 5.32 Å². The van der Waals surface area contributed by atoms with Gasteiger partial charge in [0.2, 0.25) is 5.91 Å². The monoisotopic (exact) mass is 410 g/mol. The van der Waals surface area contributed by atoms with E-state index in [9.17, 15) is 19.5 Å². The predicted molar refractivity (Wildman–Crippen MR) is 111 cm³/mol. The lowest BCUT2D eigenvalue weighted by Crippen LogP contribution is -2.56. The van der Waals surface area contributed by atoms with Crippen molar-refractivity contribution in [1.29, 1.82) is 0 Å². The average molecular weight is 410 g/mol. The van der Waals surface area contributed by atoms with Crippen molar-refractivity contribution in [1.82, 2.24) is 10.2 Å². The van der Waals surface area contributed by atoms with Crippen LogP contribution >= 0.6 is 0 Å². The summed E-state index contributed by atoms with van der Waals surface area (Å²) in [5.74, 6) is -1.89. The summed E-state index contributed by atoms with van der Waals surface area (Å²) in [4.78, 5) is 38.7. The van der Waals surface area contributed by atoms with E-state index in [2.05, 4.69) is 5.32 Å². The molecule has 2 aromatic carbocycles. The Morgan fingerprint density at radius 2 is 1.70 bits per heavy atom. The maximum absolute atomic E-state index is 13.0. The molecule has 0 bridgehead atoms. The number of rotatable bonds is 6. The smallest absolute Gasteiger partial charge is 0.411 e. The molecule has 1 aliphatic heterocycles. The van der Waals surface area contributed by atoms with Gasteiger partial charge in [-0.25, -0.2) is 9.59 Å². The van der Waals surface area contributed by atoms with Gasteiger partial charge >= 0.3 is 12.1 Å². The highest BCUT2D eigenvalue weighted by Crippen LogP contribution is 2.25. The minimum atomic E-state index is -1.10. The van der Waals surface area contributed by atoms with E-state index in [0.717, 1.165) is 16.7 Å². The molecule has 2 aromatic rings. The zero-order valence-corrected chi connectivity index (χ0v) is 17.1. The van der Waals surface area contributed by atoms with Crippen LogP contribution in [0.5, 0.6) is 0 Å². The lowest BCUT2D eigenvalue weighted by atomic mass is 9.93. The van der Waals surface area contributed by atoms with E-state index >= 15 is 0 Å². The van der Waals surface area contributed by atoms with Crippen molar-refractivity contribution >= 4 is 18.0 Å². The topological polar surface area (TPSA) is 95.9 Å². The summed E-state index contributed by atoms with van der Waals surface area (Å²) in [6.07, 6.45) is -0.308. The number of nitrogens with zero attached hydrogens (tertiary/aromatic N) is 1. The quantitative estimate of drug-likeness (QED) is 0.763. The minimum Gasteiger partial charge on any atom is -0.480 e. The van der Waals surface area contributed by atoms with Crippen LogP contribution in [-0.4, -0.2) is 40.1 Å². The molecule has 1 heterocycles. The Balaban J connectivity index is 1.79. The number of carbonyl (C=O) groups excluding carboxylic acids is 2. The number of hydrogen-bond acceptors (Lipinski definition) is 4. The highest BCUT2D eigenvalue weighted by Gasteiger charge is 2.37. The van der Waals surface area contributed by atoms with E-state index in [1.165, 1.54) is 4.90 Å². The molecule has 1 aliphatic rings. The van der Waals surface area contributed by atoms with Crippen LogP contribution in [0.4, 0.5) is 4.79 Å². The first-order chi connectivity index (χ1) is 14.4. The first-order valence-electron chi connectivity index (χ1n) is 9.94. The van der Waals surface area contributed by atoms with Crippen LogP contribution in [0.15, 0.2) is 54.6 Å². The van der Waals surface area contributed by atoms with E-state index in [0.29, 0.717) is 6.42 Å². The first-order valence-corrected chi connectivity index (χ1v) is 9.94. The molecule has 7 nitrogen and oxygen atoms in total. The fourth-order valence-corrected chi connectivity index (χ4v) is 3.51. The van der Waals surface area contributed by atoms with Crippen LogP contribution in [0.2, 0.25) is 0 Å². The second-order valence-electron chi connectivity index (χ2n) is 7.73. The van der Waals surface area contributed by atoms with E-state index in [1.807, 2.05) is 54.6 Å². The normalized spacial score (nSPS) is 16.5. The molecule has 2 N–H and O–H groups in total. The minimum absolute atomic E-state index is 0.0932. The zero-order chi connectivity index (χ0) is 21.7. The lowest BCUT2D eigenvalue weighted by Gasteiger charge is -2.36. The number of amides is 2. The number of carboxylic acid groups (broad SMARTS) is 1. The van der Waals surface area contributed by atoms with Gasteiger partial charge in [0, 0.05) is 6.42 Å². The number of hydrogen-bond donors (Lipinski definition) is 2. The Bertz CT molecular complexity index is 913. The summed E-state index contributed by atoms with van der Waals surface area (Å²) in [7, 11) is 0. The number of nitrogens with one attached hydrogen (secondary N) is 1. The van der Waals surface area contributed by atoms with E-state index in [1.54, 1.807) is 13.8 Å². The van der Waals surface area contributed by atoms with Gasteiger partial charge < -0.3 is 15.2 Å². The Labute approximate surface area is 175 Å². The van der Waals surface area contributed by atoms with Crippen LogP contribution in [0.3, 0.4) is 0 Å². The van der Waals surface area contributed by atoms with Crippen LogP contribution in [0.25, 0.3) is 0 Å². The van der Waals surface area contributed by atoms with Gasteiger partial charge in [0.25, 0.3) is 0 Å². The van der Waals surface area contributed by atoms with Crippen LogP contribution in [0, 0.1) is 5.92 Å². The number of benzene rings is 2. The number of aliphatic carboxylic acids is 1. The third-order valence-corrected chi connectivity index (χ3v) is 5.22. The number of carboxylic acids is 1. The maximum atomic E-state index is 13.0. The molecule has 30 heavy (non-hydrogen) atoms. The Kier molecular flexibility index (Phi) is 6.72. The fraction of sp³-hybridized carbons (Fsp3) is 0.348. The molecule has 0 spiro atoms. The summed E-state index contributed by atoms with van der Waals surface area (Å²) in [5.41, 5.74) is 2.74. The third-order valence-electron chi connectivity index (χ3n) is 5.22. The fourth-order valence-electron chi connectivity index (χ4n) is 3.51. The van der Waals surface area contributed by atoms with Crippen molar-refractivity contribution in [3.8, 4) is 0 Å². The summed E-state index contributed by atoms with van der Waals surface area (Å²) in [6.45, 7) is 3.76. The van der Waals surface area contributed by atoms with Crippen molar-refractivity contribution < 1.29 is 24.2 Å². The largest absolute Gasteiger partial charge is 0.480 e. The summed E-state index contributed by atoms with van der Waals surface area (Å²) in [5, 5.41) is 12.0. The number of fused-ring (bicyclic) bond motifs is 1. The van der Waals surface area contributed by atoms with Crippen LogP contribution in [-0.2, 0) is 33.9 Å². The second kappa shape index (κ2) is 9.43. The van der Waals surface area contributed by atoms with Crippen molar-refractivity contribution in [2.75, 3.05) is 0 Å². The van der Waals surface area contributed by atoms with Gasteiger partial charge in [0.05, 0.1) is 6.54 Å². The molecular formula is C23H26N2O5. The molecular weight excluding hydrogens is 384 g/mol. The van der Waals surface area contributed by atoms with Gasteiger partial charge in [0.15, 0.2) is 0 Å². The Hall–Kier alpha value is -3.35. The Morgan fingerprint density at radius 3 is 2.33 bits per heavy atom. The van der Waals surface area contributed by atoms with Crippen LogP contribution in [0.1, 0.15) is 30.5 Å². The molecule has 0 radical (unpaired) electrons. The highest BCUT2D eigenvalue weighted by molar-refractivity contribution is 5.90. The van der Waals surface area contributed by atoms with Gasteiger partial charge in [-0.15, -0.1) is 0 Å². The lowest BCUT2D eigenvalue weighted by molar-refractivity contribution is -0.144. The van der Waals surface area contributed by atoms with Gasteiger partial charge in [-0.05, 0) is 22.6 Å². The maximum Gasteiger partial charge on any atom is 0.411 e. The van der Waals surface area contributed by atoms with Gasteiger partial charge in [-0.3, -0.25) is 9.69 Å². The molecule has 7 heteroatoms. The highest BCUT2D eigenvalue weighted by atomic mass is 16.6. The second-order valence-corrected chi connectivity index (χ2v) is 7.73. The molecule has 0 saturated heterocycles. The van der Waals surface area contributed by atoms with Gasteiger partial charge in [-0.2, -0.15) is 0 Å². The predicted octanol–water partition coefficient (Wildman–Crippen LogP) is 2.98. The number of ether oxygens (including phenoxy) is 1. The Morgan fingerprint density at radius 1 is 1.07 bits per heavy atom. The van der Waals surface area contributed by atoms with Gasteiger partial charge in [0.1, 0.15) is 18.7 Å². The van der Waals surface area contributed by atoms with Crippen molar-refractivity contribution in [3.05, 3.63) is 71.3 Å². The first kappa shape index (κ1) is 21.4. The van der Waals surface area contributed by atoms with E-state index < -0.39 is 30.1 Å². The molecule has 0 aliphatic carbocycles. The number of carbonyl (C=O) groups is 3. The molecule has 0 unspecified atom stereocenters. The summed E-state index contributed by atoms with van der Waals surface area (Å²) >= 11 is 0. The molecule has 0 aromatic heterocycles. The standard InChI is InChI=1S/C23H26N2O5/c1-15(2)20(22(27)28)24-21(26)19-12-17-10-6-7-11-18(17)13-25(19)23(29)30-14-16-8-4-3-5-9-16/h3-11,15,19-20H,12-14H2,1-2H3,(H,24,26)(H,27,28)/t19-,20+/m0/s1. The van der Waals surface area contributed by atoms with Crippen molar-refractivity contribution in [2.24, 2.45) is 5.92 Å². The van der Waals surface area contributed by atoms with E-state index in [-0.39, 0.29) is 19.1 Å². The van der Waals surface area contributed by atoms with Crippen molar-refractivity contribution in [2.45, 2.75) is 45.5 Å². The van der Waals surface area contributed by atoms with Gasteiger partial charge in [-0.1, -0.05) is 68.4 Å². The molecule has 2 atom stereocenters. The molecule has 158 valence electrons. The van der Waals surface area contributed by atoms with Crippen molar-refractivity contribution in [3.63, 3.8) is 0 Å². The molecule has 2 amide bonds. The average Bonchev–Trinajstić information content (AvgIpc) is 2.75. The molecule has 3 rings (SSSR count). The SMILES string of the molecule is CC(C)[C@@H](NC(=O)[C@@H]1Cc2ccccc2CN1C(=O)OCc1ccccc1)C(=O)O. The zero-order valence-electron chi connectivity index (χ0n) is 17.1. The summed E-state index contributed by atoms with van der Waals surface area (Å²) in [6, 6.07) is 15.0. The van der Waals surface area contributed by atoms with E-state index in [4.69, 9.17) is 4.74 Å².